The van der Waals surface area contributed by atoms with Crippen LogP contribution in [-0.4, -0.2) is 27.3 Å². The first-order chi connectivity index (χ1) is 6.43. The normalized spacial score (nSPS) is 23.0. The Labute approximate surface area is 90.7 Å². The highest BCUT2D eigenvalue weighted by Gasteiger charge is 2.35. The summed E-state index contributed by atoms with van der Waals surface area (Å²) in [4.78, 5) is 13.5. The molecule has 1 rings (SSSR count). The molecule has 80 valence electrons. The molecular formula is C11H19NOS. The van der Waals surface area contributed by atoms with E-state index in [9.17, 15) is 4.79 Å². The molecule has 3 heteroatoms. The molecule has 1 aliphatic rings. The van der Waals surface area contributed by atoms with Crippen LogP contribution in [0.1, 0.15) is 34.1 Å². The molecule has 1 saturated heterocycles. The van der Waals surface area contributed by atoms with Crippen LogP contribution < -0.4 is 0 Å². The highest BCUT2D eigenvalue weighted by atomic mass is 32.2. The Bertz CT molecular complexity index is 248. The highest BCUT2D eigenvalue weighted by molar-refractivity contribution is 8.00. The van der Waals surface area contributed by atoms with E-state index < -0.39 is 0 Å². The zero-order valence-corrected chi connectivity index (χ0v) is 10.2. The number of likely N-dealkylation sites (tertiary alicyclic amines) is 1. The molecule has 0 N–H and O–H groups in total. The minimum atomic E-state index is 0.225. The Hall–Kier alpha value is -0.440. The van der Waals surface area contributed by atoms with Gasteiger partial charge in [-0.3, -0.25) is 4.79 Å². The predicted octanol–water partition coefficient (Wildman–Crippen LogP) is 2.65. The molecule has 0 saturated carbocycles. The summed E-state index contributed by atoms with van der Waals surface area (Å²) < 4.78 is 0. The molecule has 0 aromatic rings. The molecule has 1 heterocycles. The van der Waals surface area contributed by atoms with Crippen molar-refractivity contribution in [2.45, 2.75) is 50.7 Å². The largest absolute Gasteiger partial charge is 0.313 e. The van der Waals surface area contributed by atoms with Gasteiger partial charge >= 0.3 is 0 Å². The van der Waals surface area contributed by atoms with Gasteiger partial charge in [0, 0.05) is 18.2 Å². The van der Waals surface area contributed by atoms with Gasteiger partial charge in [-0.05, 0) is 19.1 Å². The lowest BCUT2D eigenvalue weighted by atomic mass is 10.3. The maximum absolute atomic E-state index is 11.7. The summed E-state index contributed by atoms with van der Waals surface area (Å²) >= 11 is 1.83. The molecular weight excluding hydrogens is 194 g/mol. The molecule has 0 aromatic carbocycles. The van der Waals surface area contributed by atoms with E-state index in [1.54, 1.807) is 0 Å². The summed E-state index contributed by atoms with van der Waals surface area (Å²) in [5, 5.41) is 0.849. The van der Waals surface area contributed by atoms with Crippen molar-refractivity contribution in [3.05, 3.63) is 12.3 Å². The van der Waals surface area contributed by atoms with Crippen molar-refractivity contribution in [1.29, 1.82) is 0 Å². The lowest BCUT2D eigenvalue weighted by molar-refractivity contribution is -0.127. The van der Waals surface area contributed by atoms with E-state index in [0.29, 0.717) is 16.9 Å². The number of hydrogen-bond donors (Lipinski definition) is 0. The SMILES string of the molecule is C=C1C(SC(C)C)CC(=O)N1C(C)C. The molecule has 0 spiro atoms. The van der Waals surface area contributed by atoms with Crippen LogP contribution in [0.15, 0.2) is 12.3 Å². The van der Waals surface area contributed by atoms with Crippen LogP contribution in [0, 0.1) is 0 Å². The van der Waals surface area contributed by atoms with E-state index in [1.807, 2.05) is 30.5 Å². The van der Waals surface area contributed by atoms with Gasteiger partial charge in [-0.1, -0.05) is 20.4 Å². The van der Waals surface area contributed by atoms with E-state index in [-0.39, 0.29) is 11.9 Å². The van der Waals surface area contributed by atoms with E-state index in [4.69, 9.17) is 0 Å². The van der Waals surface area contributed by atoms with Crippen molar-refractivity contribution < 1.29 is 4.79 Å². The molecule has 1 unspecified atom stereocenters. The number of carbonyl (C=O) groups excluding carboxylic acids is 1. The molecule has 0 aromatic heterocycles. The first kappa shape index (κ1) is 11.6. The van der Waals surface area contributed by atoms with E-state index in [0.717, 1.165) is 5.70 Å². The van der Waals surface area contributed by atoms with Crippen molar-refractivity contribution in [2.75, 3.05) is 0 Å². The summed E-state index contributed by atoms with van der Waals surface area (Å²) in [5.41, 5.74) is 0.990. The van der Waals surface area contributed by atoms with Crippen molar-refractivity contribution >= 4 is 17.7 Å². The molecule has 1 aliphatic heterocycles. The van der Waals surface area contributed by atoms with Crippen LogP contribution in [0.4, 0.5) is 0 Å². The van der Waals surface area contributed by atoms with Gasteiger partial charge in [0.2, 0.25) is 5.91 Å². The first-order valence-corrected chi connectivity index (χ1v) is 6.04. The quantitative estimate of drug-likeness (QED) is 0.718. The zero-order chi connectivity index (χ0) is 10.9. The van der Waals surface area contributed by atoms with Gasteiger partial charge in [-0.2, -0.15) is 0 Å². The van der Waals surface area contributed by atoms with Gasteiger partial charge in [-0.25, -0.2) is 0 Å². The van der Waals surface area contributed by atoms with Crippen LogP contribution in [0.25, 0.3) is 0 Å². The molecule has 14 heavy (non-hydrogen) atoms. The Morgan fingerprint density at radius 2 is 2.00 bits per heavy atom. The third-order valence-corrected chi connectivity index (χ3v) is 3.57. The maximum atomic E-state index is 11.7. The number of thioether (sulfide) groups is 1. The van der Waals surface area contributed by atoms with Crippen LogP contribution in [0.3, 0.4) is 0 Å². The third-order valence-electron chi connectivity index (χ3n) is 2.26. The number of amides is 1. The second kappa shape index (κ2) is 4.39. The Kier molecular flexibility index (Phi) is 3.65. The number of hydrogen-bond acceptors (Lipinski definition) is 2. The van der Waals surface area contributed by atoms with E-state index in [1.165, 1.54) is 0 Å². The van der Waals surface area contributed by atoms with Crippen LogP contribution >= 0.6 is 11.8 Å². The van der Waals surface area contributed by atoms with Crippen molar-refractivity contribution in [2.24, 2.45) is 0 Å². The molecule has 1 amide bonds. The predicted molar refractivity (Wildman–Crippen MR) is 62.3 cm³/mol. The maximum Gasteiger partial charge on any atom is 0.228 e. The molecule has 0 radical (unpaired) electrons. The second-order valence-electron chi connectivity index (χ2n) is 4.23. The zero-order valence-electron chi connectivity index (χ0n) is 9.41. The fraction of sp³-hybridized carbons (Fsp3) is 0.727. The smallest absolute Gasteiger partial charge is 0.228 e. The number of carbonyl (C=O) groups is 1. The monoisotopic (exact) mass is 213 g/mol. The topological polar surface area (TPSA) is 20.3 Å². The number of nitrogens with zero attached hydrogens (tertiary/aromatic N) is 1. The summed E-state index contributed by atoms with van der Waals surface area (Å²) in [6, 6.07) is 0.243. The van der Waals surface area contributed by atoms with Gasteiger partial charge < -0.3 is 4.90 Å². The standard InChI is InChI=1S/C11H19NOS/c1-7(2)12-9(5)10(6-11(12)13)14-8(3)4/h7-8,10H,5-6H2,1-4H3. The summed E-state index contributed by atoms with van der Waals surface area (Å²) in [6.45, 7) is 12.4. The van der Waals surface area contributed by atoms with Crippen LogP contribution in [-0.2, 0) is 4.79 Å². The average Bonchev–Trinajstić information content (AvgIpc) is 2.25. The van der Waals surface area contributed by atoms with Gasteiger partial charge in [0.1, 0.15) is 0 Å². The van der Waals surface area contributed by atoms with Crippen LogP contribution in [0.2, 0.25) is 0 Å². The minimum absolute atomic E-state index is 0.225. The Morgan fingerprint density at radius 3 is 2.36 bits per heavy atom. The van der Waals surface area contributed by atoms with Gasteiger partial charge in [-0.15, -0.1) is 11.8 Å². The van der Waals surface area contributed by atoms with Crippen molar-refractivity contribution in [3.63, 3.8) is 0 Å². The lowest BCUT2D eigenvalue weighted by Crippen LogP contribution is -2.30. The fourth-order valence-corrected chi connectivity index (χ4v) is 2.93. The Balaban J connectivity index is 2.69. The van der Waals surface area contributed by atoms with Gasteiger partial charge in [0.15, 0.2) is 0 Å². The minimum Gasteiger partial charge on any atom is -0.313 e. The van der Waals surface area contributed by atoms with Crippen LogP contribution in [0.5, 0.6) is 0 Å². The second-order valence-corrected chi connectivity index (χ2v) is 6.01. The first-order valence-electron chi connectivity index (χ1n) is 5.09. The molecule has 0 bridgehead atoms. The summed E-state index contributed by atoms with van der Waals surface area (Å²) in [7, 11) is 0. The van der Waals surface area contributed by atoms with Gasteiger partial charge in [0.05, 0.1) is 5.25 Å². The highest BCUT2D eigenvalue weighted by Crippen LogP contribution is 2.35. The molecule has 0 aliphatic carbocycles. The summed E-state index contributed by atoms with van der Waals surface area (Å²) in [6.07, 6.45) is 0.625. The Morgan fingerprint density at radius 1 is 1.43 bits per heavy atom. The van der Waals surface area contributed by atoms with Gasteiger partial charge in [0.25, 0.3) is 0 Å². The number of rotatable bonds is 3. The van der Waals surface area contributed by atoms with Crippen molar-refractivity contribution in [1.82, 2.24) is 4.90 Å². The lowest BCUT2D eigenvalue weighted by Gasteiger charge is -2.23. The van der Waals surface area contributed by atoms with Crippen molar-refractivity contribution in [3.8, 4) is 0 Å². The van der Waals surface area contributed by atoms with E-state index in [2.05, 4.69) is 20.4 Å². The summed E-state index contributed by atoms with van der Waals surface area (Å²) in [5.74, 6) is 0.225. The molecule has 2 nitrogen and oxygen atoms in total. The third kappa shape index (κ3) is 2.32. The average molecular weight is 213 g/mol. The fourth-order valence-electron chi connectivity index (χ4n) is 1.76. The molecule has 1 fully saturated rings. The van der Waals surface area contributed by atoms with E-state index >= 15 is 0 Å². The molecule has 1 atom stereocenters.